The second kappa shape index (κ2) is 4.23. The summed E-state index contributed by atoms with van der Waals surface area (Å²) in [6.45, 7) is 0.830. The maximum Gasteiger partial charge on any atom is 0.287 e. The SMILES string of the molecule is O=c1[nH]nc(Cl)cc1NCC1CSC1. The molecule has 0 aliphatic carbocycles. The molecule has 14 heavy (non-hydrogen) atoms. The van der Waals surface area contributed by atoms with Gasteiger partial charge < -0.3 is 5.32 Å². The molecule has 0 amide bonds. The van der Waals surface area contributed by atoms with Crippen molar-refractivity contribution in [2.24, 2.45) is 5.92 Å². The highest BCUT2D eigenvalue weighted by molar-refractivity contribution is 8.00. The average molecular weight is 232 g/mol. The number of hydrogen-bond acceptors (Lipinski definition) is 4. The molecule has 0 unspecified atom stereocenters. The van der Waals surface area contributed by atoms with Crippen LogP contribution in [0.3, 0.4) is 0 Å². The summed E-state index contributed by atoms with van der Waals surface area (Å²) >= 11 is 7.58. The van der Waals surface area contributed by atoms with E-state index in [1.54, 1.807) is 6.07 Å². The zero-order valence-electron chi connectivity index (χ0n) is 7.42. The topological polar surface area (TPSA) is 57.8 Å². The Bertz CT molecular complexity index is 377. The summed E-state index contributed by atoms with van der Waals surface area (Å²) in [5.74, 6) is 3.01. The second-order valence-corrected chi connectivity index (χ2v) is 4.68. The van der Waals surface area contributed by atoms with Crippen molar-refractivity contribution in [3.63, 3.8) is 0 Å². The van der Waals surface area contributed by atoms with E-state index in [2.05, 4.69) is 15.5 Å². The molecule has 1 fully saturated rings. The van der Waals surface area contributed by atoms with E-state index >= 15 is 0 Å². The molecule has 1 aromatic heterocycles. The third-order valence-electron chi connectivity index (χ3n) is 2.06. The van der Waals surface area contributed by atoms with Crippen LogP contribution in [-0.2, 0) is 0 Å². The highest BCUT2D eigenvalue weighted by atomic mass is 35.5. The third kappa shape index (κ3) is 2.22. The van der Waals surface area contributed by atoms with Crippen LogP contribution < -0.4 is 10.9 Å². The predicted octanol–water partition coefficient (Wildman–Crippen LogP) is 1.20. The first-order valence-electron chi connectivity index (χ1n) is 4.32. The lowest BCUT2D eigenvalue weighted by Gasteiger charge is -2.25. The van der Waals surface area contributed by atoms with Crippen molar-refractivity contribution < 1.29 is 0 Å². The van der Waals surface area contributed by atoms with Crippen molar-refractivity contribution in [3.05, 3.63) is 21.6 Å². The minimum atomic E-state index is -0.221. The number of rotatable bonds is 3. The van der Waals surface area contributed by atoms with Crippen molar-refractivity contribution >= 4 is 29.1 Å². The van der Waals surface area contributed by atoms with Crippen LogP contribution in [0.2, 0.25) is 5.15 Å². The normalized spacial score (nSPS) is 16.4. The van der Waals surface area contributed by atoms with Gasteiger partial charge in [0.15, 0.2) is 5.15 Å². The first kappa shape index (κ1) is 9.86. The summed E-state index contributed by atoms with van der Waals surface area (Å²) in [6.07, 6.45) is 0. The summed E-state index contributed by atoms with van der Waals surface area (Å²) in [7, 11) is 0. The maximum atomic E-state index is 11.2. The molecule has 2 N–H and O–H groups in total. The highest BCUT2D eigenvalue weighted by Crippen LogP contribution is 2.24. The van der Waals surface area contributed by atoms with Gasteiger partial charge >= 0.3 is 0 Å². The number of H-pyrrole nitrogens is 1. The molecule has 6 heteroatoms. The van der Waals surface area contributed by atoms with Gasteiger partial charge in [-0.25, -0.2) is 5.10 Å². The fraction of sp³-hybridized carbons (Fsp3) is 0.500. The van der Waals surface area contributed by atoms with E-state index in [-0.39, 0.29) is 5.56 Å². The van der Waals surface area contributed by atoms with Crippen LogP contribution in [0.1, 0.15) is 0 Å². The molecule has 2 rings (SSSR count). The van der Waals surface area contributed by atoms with E-state index in [9.17, 15) is 4.79 Å². The van der Waals surface area contributed by atoms with Gasteiger partial charge in [-0.1, -0.05) is 11.6 Å². The summed E-state index contributed by atoms with van der Waals surface area (Å²) in [5, 5.41) is 9.28. The van der Waals surface area contributed by atoms with Crippen LogP contribution in [-0.4, -0.2) is 28.2 Å². The Kier molecular flexibility index (Phi) is 2.98. The third-order valence-corrected chi connectivity index (χ3v) is 3.67. The van der Waals surface area contributed by atoms with Crippen LogP contribution >= 0.6 is 23.4 Å². The Balaban J connectivity index is 2.00. The Labute approximate surface area is 90.4 Å². The molecule has 1 aliphatic rings. The molecular formula is C8H10ClN3OS. The van der Waals surface area contributed by atoms with Gasteiger partial charge in [0, 0.05) is 12.6 Å². The molecule has 1 aliphatic heterocycles. The minimum Gasteiger partial charge on any atom is -0.380 e. The molecule has 0 spiro atoms. The van der Waals surface area contributed by atoms with E-state index < -0.39 is 0 Å². The van der Waals surface area contributed by atoms with Gasteiger partial charge in [-0.2, -0.15) is 16.9 Å². The molecule has 0 radical (unpaired) electrons. The number of aromatic nitrogens is 2. The molecule has 2 heterocycles. The van der Waals surface area contributed by atoms with Gasteiger partial charge in [0.25, 0.3) is 5.56 Å². The lowest BCUT2D eigenvalue weighted by Crippen LogP contribution is -2.28. The van der Waals surface area contributed by atoms with Gasteiger partial charge in [0.05, 0.1) is 0 Å². The minimum absolute atomic E-state index is 0.221. The van der Waals surface area contributed by atoms with Crippen molar-refractivity contribution in [2.75, 3.05) is 23.4 Å². The average Bonchev–Trinajstić information content (AvgIpc) is 2.08. The Hall–Kier alpha value is -0.680. The molecule has 76 valence electrons. The zero-order chi connectivity index (χ0) is 9.97. The van der Waals surface area contributed by atoms with E-state index in [0.717, 1.165) is 6.54 Å². The van der Waals surface area contributed by atoms with Crippen molar-refractivity contribution in [1.29, 1.82) is 0 Å². The lowest BCUT2D eigenvalue weighted by molar-refractivity contribution is 0.676. The van der Waals surface area contributed by atoms with Gasteiger partial charge in [0.2, 0.25) is 0 Å². The van der Waals surface area contributed by atoms with Crippen molar-refractivity contribution in [1.82, 2.24) is 10.2 Å². The summed E-state index contributed by atoms with van der Waals surface area (Å²) in [6, 6.07) is 1.55. The van der Waals surface area contributed by atoms with Crippen LogP contribution in [0.4, 0.5) is 5.69 Å². The van der Waals surface area contributed by atoms with E-state index in [0.29, 0.717) is 16.8 Å². The molecule has 1 saturated heterocycles. The molecule has 1 aromatic rings. The van der Waals surface area contributed by atoms with Gasteiger partial charge in [-0.3, -0.25) is 4.79 Å². The number of nitrogens with zero attached hydrogens (tertiary/aromatic N) is 1. The van der Waals surface area contributed by atoms with Gasteiger partial charge in [0.1, 0.15) is 5.69 Å². The summed E-state index contributed by atoms with van der Waals surface area (Å²) in [4.78, 5) is 11.2. The number of halogens is 1. The first-order valence-corrected chi connectivity index (χ1v) is 5.86. The van der Waals surface area contributed by atoms with Crippen LogP contribution in [0.5, 0.6) is 0 Å². The summed E-state index contributed by atoms with van der Waals surface area (Å²) in [5.41, 5.74) is 0.281. The maximum absolute atomic E-state index is 11.2. The van der Waals surface area contributed by atoms with Crippen molar-refractivity contribution in [2.45, 2.75) is 0 Å². The Morgan fingerprint density at radius 1 is 1.71 bits per heavy atom. The largest absolute Gasteiger partial charge is 0.380 e. The molecule has 0 atom stereocenters. The molecule has 0 bridgehead atoms. The number of anilines is 1. The standard InChI is InChI=1S/C8H10ClN3OS/c9-7-1-6(8(13)12-11-7)10-2-5-3-14-4-5/h1,5H,2-4H2,(H,10,11)(H,12,13). The van der Waals surface area contributed by atoms with Crippen LogP contribution in [0.15, 0.2) is 10.9 Å². The monoisotopic (exact) mass is 231 g/mol. The predicted molar refractivity (Wildman–Crippen MR) is 59.2 cm³/mol. The number of hydrogen-bond donors (Lipinski definition) is 2. The quantitative estimate of drug-likeness (QED) is 0.821. The van der Waals surface area contributed by atoms with Crippen LogP contribution in [0.25, 0.3) is 0 Å². The second-order valence-electron chi connectivity index (χ2n) is 3.22. The fourth-order valence-electron chi connectivity index (χ4n) is 1.17. The zero-order valence-corrected chi connectivity index (χ0v) is 8.99. The fourth-order valence-corrected chi connectivity index (χ4v) is 2.13. The number of aromatic amines is 1. The van der Waals surface area contributed by atoms with Crippen molar-refractivity contribution in [3.8, 4) is 0 Å². The number of nitrogens with one attached hydrogen (secondary N) is 2. The van der Waals surface area contributed by atoms with Gasteiger partial charge in [-0.05, 0) is 17.4 Å². The summed E-state index contributed by atoms with van der Waals surface area (Å²) < 4.78 is 0. The lowest BCUT2D eigenvalue weighted by atomic mass is 10.2. The molecule has 0 saturated carbocycles. The van der Waals surface area contributed by atoms with Gasteiger partial charge in [-0.15, -0.1) is 0 Å². The first-order chi connectivity index (χ1) is 6.75. The van der Waals surface area contributed by atoms with E-state index in [1.165, 1.54) is 11.5 Å². The molecular weight excluding hydrogens is 222 g/mol. The van der Waals surface area contributed by atoms with Crippen LogP contribution in [0, 0.1) is 5.92 Å². The molecule has 4 nitrogen and oxygen atoms in total. The smallest absolute Gasteiger partial charge is 0.287 e. The number of thioether (sulfide) groups is 1. The van der Waals surface area contributed by atoms with E-state index in [4.69, 9.17) is 11.6 Å². The Morgan fingerprint density at radius 2 is 2.50 bits per heavy atom. The highest BCUT2D eigenvalue weighted by Gasteiger charge is 2.17. The molecule has 0 aromatic carbocycles. The van der Waals surface area contributed by atoms with E-state index in [1.807, 2.05) is 11.8 Å². The Morgan fingerprint density at radius 3 is 3.14 bits per heavy atom.